The van der Waals surface area contributed by atoms with Crippen LogP contribution in [0.15, 0.2) is 22.7 Å². The Morgan fingerprint density at radius 1 is 1.15 bits per heavy atom. The summed E-state index contributed by atoms with van der Waals surface area (Å²) in [6, 6.07) is 6.64. The Balaban J connectivity index is 2.89. The summed E-state index contributed by atoms with van der Waals surface area (Å²) in [6.45, 7) is 14.2. The third-order valence-corrected chi connectivity index (χ3v) is 4.60. The normalized spacial score (nSPS) is 12.6. The zero-order valence-electron chi connectivity index (χ0n) is 14.0. The molecule has 0 atom stereocenters. The van der Waals surface area contributed by atoms with Crippen molar-refractivity contribution in [2.24, 2.45) is 0 Å². The van der Waals surface area contributed by atoms with E-state index in [-0.39, 0.29) is 11.1 Å². The van der Waals surface area contributed by atoms with Crippen LogP contribution in [0.1, 0.15) is 53.5 Å². The highest BCUT2D eigenvalue weighted by Crippen LogP contribution is 2.32. The third kappa shape index (κ3) is 4.78. The number of anilines is 1. The van der Waals surface area contributed by atoms with Gasteiger partial charge in [0, 0.05) is 29.1 Å². The summed E-state index contributed by atoms with van der Waals surface area (Å²) in [4.78, 5) is 2.35. The molecule has 1 rings (SSSR count). The van der Waals surface area contributed by atoms with Gasteiger partial charge in [-0.05, 0) is 74.7 Å². The number of nitrogens with one attached hydrogen (secondary N) is 1. The minimum Gasteiger partial charge on any atom is -0.369 e. The van der Waals surface area contributed by atoms with Crippen LogP contribution in [0.2, 0.25) is 0 Å². The van der Waals surface area contributed by atoms with Crippen LogP contribution in [0.4, 0.5) is 5.69 Å². The van der Waals surface area contributed by atoms with Crippen molar-refractivity contribution < 1.29 is 0 Å². The Hall–Kier alpha value is -0.540. The zero-order valence-corrected chi connectivity index (χ0v) is 15.6. The van der Waals surface area contributed by atoms with Crippen LogP contribution in [0.3, 0.4) is 0 Å². The van der Waals surface area contributed by atoms with E-state index in [9.17, 15) is 0 Å². The maximum atomic E-state index is 3.72. The molecule has 20 heavy (non-hydrogen) atoms. The number of halogens is 1. The Morgan fingerprint density at radius 2 is 1.75 bits per heavy atom. The molecule has 0 aliphatic rings. The molecule has 0 saturated carbocycles. The lowest BCUT2D eigenvalue weighted by atomic mass is 9.99. The van der Waals surface area contributed by atoms with E-state index in [2.05, 4.69) is 92.9 Å². The first-order valence-corrected chi connectivity index (χ1v) is 8.13. The van der Waals surface area contributed by atoms with Crippen molar-refractivity contribution in [1.82, 2.24) is 5.32 Å². The predicted molar refractivity (Wildman–Crippen MR) is 93.5 cm³/mol. The average Bonchev–Trinajstić information content (AvgIpc) is 2.35. The minimum absolute atomic E-state index is 0.145. The SMILES string of the molecule is CCC(C)(C)N(C)c1ccc(CNC(C)(C)C)cc1Br. The van der Waals surface area contributed by atoms with Crippen LogP contribution in [0, 0.1) is 0 Å². The highest BCUT2D eigenvalue weighted by atomic mass is 79.9. The maximum absolute atomic E-state index is 3.72. The Labute approximate surface area is 133 Å². The van der Waals surface area contributed by atoms with Crippen molar-refractivity contribution in [2.45, 2.75) is 65.6 Å². The molecule has 0 amide bonds. The lowest BCUT2D eigenvalue weighted by Gasteiger charge is -2.37. The Kier molecular flexibility index (Phi) is 5.68. The highest BCUT2D eigenvalue weighted by Gasteiger charge is 2.23. The topological polar surface area (TPSA) is 15.3 Å². The van der Waals surface area contributed by atoms with E-state index in [1.165, 1.54) is 11.3 Å². The first-order valence-electron chi connectivity index (χ1n) is 7.34. The molecule has 3 heteroatoms. The summed E-state index contributed by atoms with van der Waals surface area (Å²) < 4.78 is 1.16. The van der Waals surface area contributed by atoms with Gasteiger partial charge in [0.05, 0.1) is 5.69 Å². The second-order valence-electron chi connectivity index (χ2n) is 7.11. The van der Waals surface area contributed by atoms with Gasteiger partial charge >= 0.3 is 0 Å². The van der Waals surface area contributed by atoms with E-state index in [4.69, 9.17) is 0 Å². The number of benzene rings is 1. The second kappa shape index (κ2) is 6.48. The third-order valence-electron chi connectivity index (χ3n) is 3.97. The van der Waals surface area contributed by atoms with E-state index < -0.39 is 0 Å². The standard InChI is InChI=1S/C17H29BrN2/c1-8-17(5,6)20(7)15-10-9-13(11-14(15)18)12-19-16(2,3)4/h9-11,19H,8,12H2,1-7H3. The van der Waals surface area contributed by atoms with Crippen molar-refractivity contribution in [3.8, 4) is 0 Å². The highest BCUT2D eigenvalue weighted by molar-refractivity contribution is 9.10. The van der Waals surface area contributed by atoms with E-state index in [0.717, 1.165) is 17.4 Å². The second-order valence-corrected chi connectivity index (χ2v) is 7.97. The summed E-state index contributed by atoms with van der Waals surface area (Å²) in [6.07, 6.45) is 1.11. The van der Waals surface area contributed by atoms with Gasteiger partial charge < -0.3 is 10.2 Å². The van der Waals surface area contributed by atoms with Crippen molar-refractivity contribution in [1.29, 1.82) is 0 Å². The molecule has 1 aromatic rings. The molecule has 0 heterocycles. The fourth-order valence-electron chi connectivity index (χ4n) is 1.86. The molecule has 2 nitrogen and oxygen atoms in total. The summed E-state index contributed by atoms with van der Waals surface area (Å²) >= 11 is 3.72. The van der Waals surface area contributed by atoms with Gasteiger partial charge in [-0.2, -0.15) is 0 Å². The molecule has 1 N–H and O–H groups in total. The number of hydrogen-bond donors (Lipinski definition) is 1. The molecule has 0 aromatic heterocycles. The smallest absolute Gasteiger partial charge is 0.0512 e. The van der Waals surface area contributed by atoms with Gasteiger partial charge in [0.25, 0.3) is 0 Å². The van der Waals surface area contributed by atoms with Gasteiger partial charge in [-0.1, -0.05) is 13.0 Å². The molecule has 0 spiro atoms. The first-order chi connectivity index (χ1) is 9.07. The van der Waals surface area contributed by atoms with Gasteiger partial charge in [-0.25, -0.2) is 0 Å². The van der Waals surface area contributed by atoms with E-state index in [1.54, 1.807) is 0 Å². The van der Waals surface area contributed by atoms with Gasteiger partial charge in [-0.3, -0.25) is 0 Å². The van der Waals surface area contributed by atoms with Crippen LogP contribution in [-0.4, -0.2) is 18.1 Å². The summed E-state index contributed by atoms with van der Waals surface area (Å²) in [5.74, 6) is 0. The van der Waals surface area contributed by atoms with E-state index >= 15 is 0 Å². The quantitative estimate of drug-likeness (QED) is 0.814. The van der Waals surface area contributed by atoms with Crippen LogP contribution in [0.5, 0.6) is 0 Å². The monoisotopic (exact) mass is 340 g/mol. The van der Waals surface area contributed by atoms with Gasteiger partial charge in [0.2, 0.25) is 0 Å². The Bertz CT molecular complexity index is 447. The molecular formula is C17H29BrN2. The average molecular weight is 341 g/mol. The largest absolute Gasteiger partial charge is 0.369 e. The molecule has 0 fully saturated rings. The first kappa shape index (κ1) is 17.5. The number of rotatable bonds is 5. The fraction of sp³-hybridized carbons (Fsp3) is 0.647. The van der Waals surface area contributed by atoms with Crippen LogP contribution in [0.25, 0.3) is 0 Å². The minimum atomic E-state index is 0.145. The molecule has 0 aliphatic carbocycles. The van der Waals surface area contributed by atoms with Gasteiger partial charge in [-0.15, -0.1) is 0 Å². The van der Waals surface area contributed by atoms with Crippen LogP contribution in [-0.2, 0) is 6.54 Å². The van der Waals surface area contributed by atoms with Crippen LogP contribution >= 0.6 is 15.9 Å². The fourth-order valence-corrected chi connectivity index (χ4v) is 2.56. The van der Waals surface area contributed by atoms with Crippen molar-refractivity contribution >= 4 is 21.6 Å². The van der Waals surface area contributed by atoms with Gasteiger partial charge in [0.15, 0.2) is 0 Å². The molecular weight excluding hydrogens is 312 g/mol. The van der Waals surface area contributed by atoms with Crippen molar-refractivity contribution in [3.05, 3.63) is 28.2 Å². The lowest BCUT2D eigenvalue weighted by Crippen LogP contribution is -2.40. The van der Waals surface area contributed by atoms with E-state index in [1.807, 2.05) is 0 Å². The van der Waals surface area contributed by atoms with Crippen molar-refractivity contribution in [2.75, 3.05) is 11.9 Å². The number of hydrogen-bond acceptors (Lipinski definition) is 2. The summed E-state index contributed by atoms with van der Waals surface area (Å²) in [5.41, 5.74) is 2.86. The molecule has 114 valence electrons. The van der Waals surface area contributed by atoms with E-state index in [0.29, 0.717) is 0 Å². The van der Waals surface area contributed by atoms with Crippen molar-refractivity contribution in [3.63, 3.8) is 0 Å². The molecule has 0 bridgehead atoms. The molecule has 1 aromatic carbocycles. The maximum Gasteiger partial charge on any atom is 0.0512 e. The van der Waals surface area contributed by atoms with Crippen LogP contribution < -0.4 is 10.2 Å². The number of nitrogens with zero attached hydrogens (tertiary/aromatic N) is 1. The molecule has 0 radical (unpaired) electrons. The predicted octanol–water partition coefficient (Wildman–Crippen LogP) is 4.96. The summed E-state index contributed by atoms with van der Waals surface area (Å²) in [7, 11) is 2.16. The summed E-state index contributed by atoms with van der Waals surface area (Å²) in [5, 5.41) is 3.52. The lowest BCUT2D eigenvalue weighted by molar-refractivity contribution is 0.424. The zero-order chi connectivity index (χ0) is 15.6. The molecule has 0 saturated heterocycles. The van der Waals surface area contributed by atoms with Gasteiger partial charge in [0.1, 0.15) is 0 Å². The Morgan fingerprint density at radius 3 is 2.20 bits per heavy atom. The molecule has 0 unspecified atom stereocenters. The molecule has 0 aliphatic heterocycles.